The molecule has 0 radical (unpaired) electrons. The highest BCUT2D eigenvalue weighted by molar-refractivity contribution is 5.76. The number of pyridine rings is 1. The van der Waals surface area contributed by atoms with E-state index in [1.165, 1.54) is 0 Å². The van der Waals surface area contributed by atoms with Crippen molar-refractivity contribution in [1.82, 2.24) is 9.88 Å². The maximum absolute atomic E-state index is 12.4. The number of nitrogens with one attached hydrogen (secondary N) is 1. The SMILES string of the molecule is COCCC(=O)N1CCC[C@H](c2cc(Nc3ccc(OC)cc3)cc(C)n2)C1. The van der Waals surface area contributed by atoms with Gasteiger partial charge < -0.3 is 19.7 Å². The smallest absolute Gasteiger partial charge is 0.224 e. The number of amides is 1. The van der Waals surface area contributed by atoms with Gasteiger partial charge in [0.2, 0.25) is 5.91 Å². The summed E-state index contributed by atoms with van der Waals surface area (Å²) in [6.07, 6.45) is 2.49. The molecule has 150 valence electrons. The molecular weight excluding hydrogens is 354 g/mol. The maximum atomic E-state index is 12.4. The minimum absolute atomic E-state index is 0.163. The zero-order valence-electron chi connectivity index (χ0n) is 16.9. The van der Waals surface area contributed by atoms with Crippen LogP contribution in [-0.2, 0) is 9.53 Å². The number of hydrogen-bond donors (Lipinski definition) is 1. The van der Waals surface area contributed by atoms with Crippen molar-refractivity contribution < 1.29 is 14.3 Å². The maximum Gasteiger partial charge on any atom is 0.224 e. The third kappa shape index (κ3) is 5.23. The van der Waals surface area contributed by atoms with Crippen molar-refractivity contribution in [3.05, 3.63) is 47.8 Å². The average molecular weight is 383 g/mol. The Bertz CT molecular complexity index is 792. The molecule has 1 atom stereocenters. The summed E-state index contributed by atoms with van der Waals surface area (Å²) in [4.78, 5) is 19.1. The molecule has 1 amide bonds. The first kappa shape index (κ1) is 20.1. The van der Waals surface area contributed by atoms with Crippen molar-refractivity contribution in [2.24, 2.45) is 0 Å². The molecule has 2 heterocycles. The summed E-state index contributed by atoms with van der Waals surface area (Å²) in [6, 6.07) is 12.0. The van der Waals surface area contributed by atoms with Crippen molar-refractivity contribution in [3.63, 3.8) is 0 Å². The molecule has 1 aromatic heterocycles. The van der Waals surface area contributed by atoms with Gasteiger partial charge in [-0.25, -0.2) is 0 Å². The number of aryl methyl sites for hydroxylation is 1. The van der Waals surface area contributed by atoms with Crippen LogP contribution in [0.4, 0.5) is 11.4 Å². The monoisotopic (exact) mass is 383 g/mol. The lowest BCUT2D eigenvalue weighted by molar-refractivity contribution is -0.133. The second-order valence-corrected chi connectivity index (χ2v) is 7.20. The Kier molecular flexibility index (Phi) is 6.87. The van der Waals surface area contributed by atoms with E-state index < -0.39 is 0 Å². The number of hydrogen-bond acceptors (Lipinski definition) is 5. The summed E-state index contributed by atoms with van der Waals surface area (Å²) < 4.78 is 10.3. The third-order valence-corrected chi connectivity index (χ3v) is 5.06. The molecule has 0 spiro atoms. The first-order valence-corrected chi connectivity index (χ1v) is 9.75. The van der Waals surface area contributed by atoms with Gasteiger partial charge in [-0.15, -0.1) is 0 Å². The highest BCUT2D eigenvalue weighted by Crippen LogP contribution is 2.29. The van der Waals surface area contributed by atoms with Crippen LogP contribution in [0.15, 0.2) is 36.4 Å². The Morgan fingerprint density at radius 1 is 1.21 bits per heavy atom. The largest absolute Gasteiger partial charge is 0.497 e. The molecule has 1 aliphatic heterocycles. The molecule has 1 saturated heterocycles. The van der Waals surface area contributed by atoms with E-state index >= 15 is 0 Å². The number of nitrogens with zero attached hydrogens (tertiary/aromatic N) is 2. The van der Waals surface area contributed by atoms with Crippen LogP contribution in [0.1, 0.15) is 36.6 Å². The minimum Gasteiger partial charge on any atom is -0.497 e. The summed E-state index contributed by atoms with van der Waals surface area (Å²) >= 11 is 0. The second kappa shape index (κ2) is 9.55. The number of carbonyl (C=O) groups is 1. The van der Waals surface area contributed by atoms with Crippen LogP contribution in [0.25, 0.3) is 0 Å². The number of likely N-dealkylation sites (tertiary alicyclic amines) is 1. The van der Waals surface area contributed by atoms with E-state index in [9.17, 15) is 4.79 Å². The van der Waals surface area contributed by atoms with Gasteiger partial charge in [0.15, 0.2) is 0 Å². The molecule has 3 rings (SSSR count). The lowest BCUT2D eigenvalue weighted by Crippen LogP contribution is -2.39. The molecule has 6 heteroatoms. The molecule has 1 fully saturated rings. The van der Waals surface area contributed by atoms with Gasteiger partial charge >= 0.3 is 0 Å². The normalized spacial score (nSPS) is 16.7. The van der Waals surface area contributed by atoms with Crippen LogP contribution in [0.5, 0.6) is 5.75 Å². The first-order valence-electron chi connectivity index (χ1n) is 9.75. The molecule has 1 aromatic carbocycles. The predicted molar refractivity (Wildman–Crippen MR) is 110 cm³/mol. The lowest BCUT2D eigenvalue weighted by atomic mass is 9.93. The molecule has 2 aromatic rings. The summed E-state index contributed by atoms with van der Waals surface area (Å²) in [5, 5.41) is 3.44. The number of rotatable bonds is 7. The summed E-state index contributed by atoms with van der Waals surface area (Å²) in [5.74, 6) is 1.25. The zero-order valence-corrected chi connectivity index (χ0v) is 16.9. The molecule has 0 aliphatic carbocycles. The number of carbonyl (C=O) groups excluding carboxylic acids is 1. The van der Waals surface area contributed by atoms with E-state index in [0.717, 1.165) is 54.4 Å². The highest BCUT2D eigenvalue weighted by Gasteiger charge is 2.25. The minimum atomic E-state index is 0.163. The average Bonchev–Trinajstić information content (AvgIpc) is 2.72. The molecule has 0 unspecified atom stereocenters. The van der Waals surface area contributed by atoms with Gasteiger partial charge in [0.1, 0.15) is 5.75 Å². The Morgan fingerprint density at radius 2 is 2.00 bits per heavy atom. The Balaban J connectivity index is 1.72. The standard InChI is InChI=1S/C22H29N3O3/c1-16-13-19(24-18-6-8-20(28-3)9-7-18)14-21(23-16)17-5-4-11-25(15-17)22(26)10-12-27-2/h6-9,13-14,17H,4-5,10-12,15H2,1-3H3,(H,23,24)/t17-/m0/s1. The molecule has 28 heavy (non-hydrogen) atoms. The Labute approximate surface area is 166 Å². The summed E-state index contributed by atoms with van der Waals surface area (Å²) in [5.41, 5.74) is 4.02. The lowest BCUT2D eigenvalue weighted by Gasteiger charge is -2.33. The number of benzene rings is 1. The van der Waals surface area contributed by atoms with Crippen LogP contribution in [0.2, 0.25) is 0 Å². The molecule has 0 saturated carbocycles. The van der Waals surface area contributed by atoms with E-state index in [1.807, 2.05) is 42.2 Å². The zero-order chi connectivity index (χ0) is 19.9. The summed E-state index contributed by atoms with van der Waals surface area (Å²) in [6.45, 7) is 4.02. The number of piperidine rings is 1. The summed E-state index contributed by atoms with van der Waals surface area (Å²) in [7, 11) is 3.29. The fourth-order valence-electron chi connectivity index (χ4n) is 3.61. The van der Waals surface area contributed by atoms with Crippen LogP contribution in [-0.4, -0.2) is 49.7 Å². The van der Waals surface area contributed by atoms with Crippen molar-refractivity contribution in [2.45, 2.75) is 32.1 Å². The number of aromatic nitrogens is 1. The second-order valence-electron chi connectivity index (χ2n) is 7.20. The molecule has 6 nitrogen and oxygen atoms in total. The van der Waals surface area contributed by atoms with Crippen LogP contribution >= 0.6 is 0 Å². The van der Waals surface area contributed by atoms with Gasteiger partial charge in [0, 0.05) is 48.9 Å². The van der Waals surface area contributed by atoms with Gasteiger partial charge in [0.25, 0.3) is 0 Å². The molecular formula is C22H29N3O3. The van der Waals surface area contributed by atoms with E-state index in [2.05, 4.69) is 11.4 Å². The molecule has 1 aliphatic rings. The number of ether oxygens (including phenoxy) is 2. The molecule has 1 N–H and O–H groups in total. The number of anilines is 2. The van der Waals surface area contributed by atoms with E-state index in [1.54, 1.807) is 14.2 Å². The van der Waals surface area contributed by atoms with Gasteiger partial charge in [-0.1, -0.05) is 0 Å². The Hall–Kier alpha value is -2.60. The van der Waals surface area contributed by atoms with Crippen LogP contribution in [0, 0.1) is 6.92 Å². The fourth-order valence-corrected chi connectivity index (χ4v) is 3.61. The highest BCUT2D eigenvalue weighted by atomic mass is 16.5. The van der Waals surface area contributed by atoms with E-state index in [0.29, 0.717) is 13.0 Å². The topological polar surface area (TPSA) is 63.7 Å². The van der Waals surface area contributed by atoms with Crippen molar-refractivity contribution >= 4 is 17.3 Å². The Morgan fingerprint density at radius 3 is 2.71 bits per heavy atom. The van der Waals surface area contributed by atoms with E-state index in [-0.39, 0.29) is 11.8 Å². The van der Waals surface area contributed by atoms with Gasteiger partial charge in [-0.3, -0.25) is 9.78 Å². The first-order chi connectivity index (χ1) is 13.6. The van der Waals surface area contributed by atoms with Crippen molar-refractivity contribution in [1.29, 1.82) is 0 Å². The fraction of sp³-hybridized carbons (Fsp3) is 0.455. The van der Waals surface area contributed by atoms with Gasteiger partial charge in [0.05, 0.1) is 20.1 Å². The van der Waals surface area contributed by atoms with Crippen molar-refractivity contribution in [3.8, 4) is 5.75 Å². The van der Waals surface area contributed by atoms with Gasteiger partial charge in [-0.2, -0.15) is 0 Å². The third-order valence-electron chi connectivity index (χ3n) is 5.06. The van der Waals surface area contributed by atoms with E-state index in [4.69, 9.17) is 14.5 Å². The molecule has 0 bridgehead atoms. The quantitative estimate of drug-likeness (QED) is 0.786. The van der Waals surface area contributed by atoms with Crippen LogP contribution in [0.3, 0.4) is 0 Å². The van der Waals surface area contributed by atoms with Crippen LogP contribution < -0.4 is 10.1 Å². The van der Waals surface area contributed by atoms with Gasteiger partial charge in [-0.05, 0) is 56.2 Å². The predicted octanol–water partition coefficient (Wildman–Crippen LogP) is 3.88. The number of methoxy groups -OCH3 is 2. The van der Waals surface area contributed by atoms with Crippen molar-refractivity contribution in [2.75, 3.05) is 39.2 Å².